The van der Waals surface area contributed by atoms with Gasteiger partial charge in [0.15, 0.2) is 0 Å². The highest BCUT2D eigenvalue weighted by molar-refractivity contribution is 7.10. The number of rotatable bonds is 2. The van der Waals surface area contributed by atoms with Crippen LogP contribution in [0.2, 0.25) is 0 Å². The Morgan fingerprint density at radius 1 is 1.21 bits per heavy atom. The van der Waals surface area contributed by atoms with Crippen molar-refractivity contribution in [2.75, 3.05) is 0 Å². The Hall–Kier alpha value is -1.19. The Bertz CT molecular complexity index is 411. The monoisotopic (exact) mass is 207 g/mol. The molecule has 72 valence electrons. The fourth-order valence-electron chi connectivity index (χ4n) is 1.33. The standard InChI is InChI=1S/C11H10FNS/c12-9-4-1-3-8(7-9)11(13)10-5-2-6-14-10/h1-7,11H,13H2/t11-/m0/s1. The molecule has 0 spiro atoms. The second-order valence-electron chi connectivity index (χ2n) is 3.05. The van der Waals surface area contributed by atoms with Gasteiger partial charge in [-0.2, -0.15) is 0 Å². The lowest BCUT2D eigenvalue weighted by Gasteiger charge is -2.09. The Morgan fingerprint density at radius 3 is 2.71 bits per heavy atom. The van der Waals surface area contributed by atoms with E-state index in [9.17, 15) is 4.39 Å². The number of hydrogen-bond acceptors (Lipinski definition) is 2. The minimum absolute atomic E-state index is 0.217. The van der Waals surface area contributed by atoms with E-state index in [1.54, 1.807) is 17.4 Å². The lowest BCUT2D eigenvalue weighted by atomic mass is 10.1. The van der Waals surface area contributed by atoms with E-state index < -0.39 is 0 Å². The molecule has 1 aromatic carbocycles. The Kier molecular flexibility index (Phi) is 2.61. The van der Waals surface area contributed by atoms with E-state index in [2.05, 4.69) is 0 Å². The van der Waals surface area contributed by atoms with Crippen molar-refractivity contribution >= 4 is 11.3 Å². The molecule has 0 amide bonds. The summed E-state index contributed by atoms with van der Waals surface area (Å²) in [5.74, 6) is -0.241. The Labute approximate surface area is 86.0 Å². The number of nitrogens with two attached hydrogens (primary N) is 1. The van der Waals surface area contributed by atoms with Crippen molar-refractivity contribution in [3.8, 4) is 0 Å². The maximum absolute atomic E-state index is 12.9. The molecule has 1 nitrogen and oxygen atoms in total. The molecule has 0 fully saturated rings. The summed E-state index contributed by atoms with van der Waals surface area (Å²) in [5, 5.41) is 1.97. The fourth-order valence-corrected chi connectivity index (χ4v) is 2.09. The van der Waals surface area contributed by atoms with Gasteiger partial charge in [0, 0.05) is 4.88 Å². The molecule has 14 heavy (non-hydrogen) atoms. The van der Waals surface area contributed by atoms with Gasteiger partial charge >= 0.3 is 0 Å². The largest absolute Gasteiger partial charge is 0.320 e. The van der Waals surface area contributed by atoms with Crippen LogP contribution in [0.5, 0.6) is 0 Å². The predicted octanol–water partition coefficient (Wildman–Crippen LogP) is 2.94. The van der Waals surface area contributed by atoms with Crippen molar-refractivity contribution in [1.82, 2.24) is 0 Å². The maximum atomic E-state index is 12.9. The van der Waals surface area contributed by atoms with Crippen LogP contribution < -0.4 is 5.73 Å². The Balaban J connectivity index is 2.32. The molecule has 1 heterocycles. The molecule has 0 bridgehead atoms. The first-order valence-electron chi connectivity index (χ1n) is 4.32. The van der Waals surface area contributed by atoms with E-state index in [1.807, 2.05) is 23.6 Å². The zero-order valence-electron chi connectivity index (χ0n) is 7.48. The fraction of sp³-hybridized carbons (Fsp3) is 0.0909. The van der Waals surface area contributed by atoms with Crippen molar-refractivity contribution < 1.29 is 4.39 Å². The Morgan fingerprint density at radius 2 is 2.07 bits per heavy atom. The molecule has 2 N–H and O–H groups in total. The van der Waals surface area contributed by atoms with Gasteiger partial charge in [-0.25, -0.2) is 4.39 Å². The van der Waals surface area contributed by atoms with Crippen molar-refractivity contribution in [1.29, 1.82) is 0 Å². The summed E-state index contributed by atoms with van der Waals surface area (Å²) in [7, 11) is 0. The molecule has 0 saturated heterocycles. The van der Waals surface area contributed by atoms with Gasteiger partial charge in [-0.05, 0) is 29.1 Å². The molecule has 0 radical (unpaired) electrons. The predicted molar refractivity (Wildman–Crippen MR) is 56.7 cm³/mol. The smallest absolute Gasteiger partial charge is 0.123 e. The third-order valence-corrected chi connectivity index (χ3v) is 3.01. The van der Waals surface area contributed by atoms with Crippen molar-refractivity contribution in [3.63, 3.8) is 0 Å². The van der Waals surface area contributed by atoms with Gasteiger partial charge in [0.05, 0.1) is 6.04 Å². The van der Waals surface area contributed by atoms with Gasteiger partial charge in [-0.3, -0.25) is 0 Å². The molecule has 1 atom stereocenters. The molecule has 0 aliphatic heterocycles. The third-order valence-electron chi connectivity index (χ3n) is 2.06. The second kappa shape index (κ2) is 3.90. The van der Waals surface area contributed by atoms with Crippen LogP contribution in [0, 0.1) is 5.82 Å². The normalized spacial score (nSPS) is 12.7. The molecule has 2 aromatic rings. The van der Waals surface area contributed by atoms with Gasteiger partial charge in [0.25, 0.3) is 0 Å². The summed E-state index contributed by atoms with van der Waals surface area (Å²) in [6.45, 7) is 0. The molecular weight excluding hydrogens is 197 g/mol. The summed E-state index contributed by atoms with van der Waals surface area (Å²) >= 11 is 1.58. The van der Waals surface area contributed by atoms with E-state index in [1.165, 1.54) is 12.1 Å². The molecule has 0 unspecified atom stereocenters. The molecule has 0 aliphatic rings. The van der Waals surface area contributed by atoms with Gasteiger partial charge < -0.3 is 5.73 Å². The summed E-state index contributed by atoms with van der Waals surface area (Å²) in [6, 6.07) is 10.1. The zero-order chi connectivity index (χ0) is 9.97. The molecule has 1 aromatic heterocycles. The first-order valence-corrected chi connectivity index (χ1v) is 5.20. The van der Waals surface area contributed by atoms with E-state index in [0.717, 1.165) is 10.4 Å². The first kappa shape index (κ1) is 9.37. The highest BCUT2D eigenvalue weighted by Crippen LogP contribution is 2.23. The van der Waals surface area contributed by atoms with Gasteiger partial charge in [0.2, 0.25) is 0 Å². The minimum Gasteiger partial charge on any atom is -0.320 e. The first-order chi connectivity index (χ1) is 6.77. The highest BCUT2D eigenvalue weighted by Gasteiger charge is 2.09. The maximum Gasteiger partial charge on any atom is 0.123 e. The topological polar surface area (TPSA) is 26.0 Å². The van der Waals surface area contributed by atoms with Crippen LogP contribution in [-0.2, 0) is 0 Å². The molecule has 0 aliphatic carbocycles. The van der Waals surface area contributed by atoms with E-state index in [-0.39, 0.29) is 11.9 Å². The number of thiophene rings is 1. The third kappa shape index (κ3) is 1.84. The van der Waals surface area contributed by atoms with Crippen LogP contribution in [0.1, 0.15) is 16.5 Å². The quantitative estimate of drug-likeness (QED) is 0.805. The van der Waals surface area contributed by atoms with Crippen LogP contribution in [0.25, 0.3) is 0 Å². The SMILES string of the molecule is N[C@@H](c1cccc(F)c1)c1cccs1. The van der Waals surface area contributed by atoms with Crippen LogP contribution in [0.3, 0.4) is 0 Å². The average molecular weight is 207 g/mol. The van der Waals surface area contributed by atoms with E-state index in [4.69, 9.17) is 5.73 Å². The van der Waals surface area contributed by atoms with Gasteiger partial charge in [0.1, 0.15) is 5.82 Å². The molecule has 0 saturated carbocycles. The van der Waals surface area contributed by atoms with Crippen LogP contribution in [0.15, 0.2) is 41.8 Å². The molecule has 2 rings (SSSR count). The van der Waals surface area contributed by atoms with Crippen molar-refractivity contribution in [2.45, 2.75) is 6.04 Å². The van der Waals surface area contributed by atoms with Gasteiger partial charge in [-0.15, -0.1) is 11.3 Å². The van der Waals surface area contributed by atoms with Gasteiger partial charge in [-0.1, -0.05) is 18.2 Å². The lowest BCUT2D eigenvalue weighted by Crippen LogP contribution is -2.10. The van der Waals surface area contributed by atoms with E-state index >= 15 is 0 Å². The van der Waals surface area contributed by atoms with Crippen molar-refractivity contribution in [3.05, 3.63) is 58.0 Å². The summed E-state index contributed by atoms with van der Waals surface area (Å²) < 4.78 is 12.9. The average Bonchev–Trinajstić information content (AvgIpc) is 2.69. The molecular formula is C11H10FNS. The molecule has 3 heteroatoms. The minimum atomic E-state index is -0.241. The lowest BCUT2D eigenvalue weighted by molar-refractivity contribution is 0.624. The van der Waals surface area contributed by atoms with Crippen LogP contribution >= 0.6 is 11.3 Å². The zero-order valence-corrected chi connectivity index (χ0v) is 8.30. The van der Waals surface area contributed by atoms with Crippen LogP contribution in [0.4, 0.5) is 4.39 Å². The summed E-state index contributed by atoms with van der Waals surface area (Å²) in [6.07, 6.45) is 0. The number of hydrogen-bond donors (Lipinski definition) is 1. The van der Waals surface area contributed by atoms with Crippen LogP contribution in [-0.4, -0.2) is 0 Å². The summed E-state index contributed by atoms with van der Waals surface area (Å²) in [5.41, 5.74) is 6.79. The van der Waals surface area contributed by atoms with Crippen molar-refractivity contribution in [2.24, 2.45) is 5.73 Å². The highest BCUT2D eigenvalue weighted by atomic mass is 32.1. The van der Waals surface area contributed by atoms with E-state index in [0.29, 0.717) is 0 Å². The summed E-state index contributed by atoms with van der Waals surface area (Å²) in [4.78, 5) is 1.05. The second-order valence-corrected chi connectivity index (χ2v) is 4.03. The number of benzene rings is 1. The number of halogens is 1.